The quantitative estimate of drug-likeness (QED) is 0.449. The molecule has 4 heterocycles. The highest BCUT2D eigenvalue weighted by atomic mass is 16.5. The fraction of sp³-hybridized carbons (Fsp3) is 0.348. The summed E-state index contributed by atoms with van der Waals surface area (Å²) in [6.07, 6.45) is 7.98. The predicted molar refractivity (Wildman–Crippen MR) is 124 cm³/mol. The maximum Gasteiger partial charge on any atom is 0.248 e. The second kappa shape index (κ2) is 8.78. The maximum absolute atomic E-state index is 5.75. The topological polar surface area (TPSA) is 81.7 Å². The fourth-order valence-corrected chi connectivity index (χ4v) is 3.98. The van der Waals surface area contributed by atoms with Gasteiger partial charge in [-0.25, -0.2) is 9.50 Å². The van der Waals surface area contributed by atoms with Gasteiger partial charge in [-0.2, -0.15) is 4.98 Å². The lowest BCUT2D eigenvalue weighted by Crippen LogP contribution is -2.21. The number of hydrogen-bond acceptors (Lipinski definition) is 7. The molecule has 0 aliphatic carbocycles. The Bertz CT molecular complexity index is 1210. The molecule has 0 radical (unpaired) electrons. The van der Waals surface area contributed by atoms with E-state index in [2.05, 4.69) is 20.3 Å². The third-order valence-corrected chi connectivity index (χ3v) is 5.42. The average molecular weight is 434 g/mol. The molecule has 0 amide bonds. The lowest BCUT2D eigenvalue weighted by atomic mass is 10.2. The minimum Gasteiger partial charge on any atom is -0.490 e. The minimum absolute atomic E-state index is 0.516. The smallest absolute Gasteiger partial charge is 0.248 e. The molecule has 0 bridgehead atoms. The second-order valence-electron chi connectivity index (χ2n) is 7.58. The Kier molecular flexibility index (Phi) is 5.53. The van der Waals surface area contributed by atoms with Crippen LogP contribution >= 0.6 is 0 Å². The Morgan fingerprint density at radius 1 is 1.03 bits per heavy atom. The number of ether oxygens (including phenoxy) is 2. The van der Waals surface area contributed by atoms with Crippen molar-refractivity contribution in [1.82, 2.24) is 24.1 Å². The van der Waals surface area contributed by atoms with Crippen LogP contribution in [0.2, 0.25) is 0 Å². The third kappa shape index (κ3) is 3.93. The van der Waals surface area contributed by atoms with Crippen molar-refractivity contribution in [2.24, 2.45) is 0 Å². The molecule has 9 nitrogen and oxygen atoms in total. The van der Waals surface area contributed by atoms with Crippen LogP contribution in [-0.4, -0.2) is 50.5 Å². The van der Waals surface area contributed by atoms with Crippen LogP contribution < -0.4 is 19.7 Å². The number of rotatable bonds is 8. The minimum atomic E-state index is 0.516. The number of anilines is 3. The summed E-state index contributed by atoms with van der Waals surface area (Å²) in [7, 11) is 0. The van der Waals surface area contributed by atoms with Crippen LogP contribution in [0.5, 0.6) is 11.5 Å². The van der Waals surface area contributed by atoms with Crippen molar-refractivity contribution in [3.05, 3.63) is 49.1 Å². The molecule has 1 saturated heterocycles. The fourth-order valence-electron chi connectivity index (χ4n) is 3.98. The Morgan fingerprint density at radius 3 is 2.66 bits per heavy atom. The van der Waals surface area contributed by atoms with Gasteiger partial charge in [0.2, 0.25) is 5.95 Å². The first kappa shape index (κ1) is 20.2. The van der Waals surface area contributed by atoms with Crippen LogP contribution in [0.4, 0.5) is 17.6 Å². The molecule has 3 aromatic heterocycles. The number of aromatic nitrogens is 5. The van der Waals surface area contributed by atoms with Crippen molar-refractivity contribution in [3.63, 3.8) is 0 Å². The van der Waals surface area contributed by atoms with Crippen LogP contribution in [0.1, 0.15) is 26.7 Å². The van der Waals surface area contributed by atoms with Gasteiger partial charge < -0.3 is 24.3 Å². The van der Waals surface area contributed by atoms with E-state index < -0.39 is 0 Å². The molecule has 1 N–H and O–H groups in total. The average Bonchev–Trinajstić information content (AvgIpc) is 3.57. The van der Waals surface area contributed by atoms with E-state index in [9.17, 15) is 0 Å². The van der Waals surface area contributed by atoms with Gasteiger partial charge in [0.1, 0.15) is 11.8 Å². The summed E-state index contributed by atoms with van der Waals surface area (Å²) in [5, 5.41) is 7.85. The molecule has 1 fully saturated rings. The van der Waals surface area contributed by atoms with E-state index in [1.165, 1.54) is 12.8 Å². The van der Waals surface area contributed by atoms with Gasteiger partial charge in [0.05, 0.1) is 25.1 Å². The number of hydrogen-bond donors (Lipinski definition) is 1. The van der Waals surface area contributed by atoms with Gasteiger partial charge in [0.25, 0.3) is 0 Å². The third-order valence-electron chi connectivity index (χ3n) is 5.42. The van der Waals surface area contributed by atoms with Crippen LogP contribution in [0.25, 0.3) is 11.2 Å². The highest BCUT2D eigenvalue weighted by Gasteiger charge is 2.19. The maximum atomic E-state index is 5.75. The zero-order chi connectivity index (χ0) is 21.9. The second-order valence-corrected chi connectivity index (χ2v) is 7.58. The molecule has 0 atom stereocenters. The van der Waals surface area contributed by atoms with Gasteiger partial charge in [-0.3, -0.25) is 0 Å². The molecule has 0 unspecified atom stereocenters. The Hall–Kier alpha value is -3.75. The molecule has 4 aromatic rings. The number of nitrogens with one attached hydrogen (secondary N) is 1. The summed E-state index contributed by atoms with van der Waals surface area (Å²) in [4.78, 5) is 11.6. The van der Waals surface area contributed by atoms with E-state index in [4.69, 9.17) is 14.5 Å². The van der Waals surface area contributed by atoms with Gasteiger partial charge in [0, 0.05) is 25.4 Å². The van der Waals surface area contributed by atoms with E-state index in [1.54, 1.807) is 6.33 Å². The summed E-state index contributed by atoms with van der Waals surface area (Å²) < 4.78 is 15.2. The van der Waals surface area contributed by atoms with Crippen LogP contribution in [0.15, 0.2) is 49.1 Å². The van der Waals surface area contributed by atoms with Crippen molar-refractivity contribution in [1.29, 1.82) is 0 Å². The number of nitrogens with zero attached hydrogens (tertiary/aromatic N) is 6. The summed E-state index contributed by atoms with van der Waals surface area (Å²) in [6, 6.07) is 9.89. The van der Waals surface area contributed by atoms with Crippen LogP contribution in [0, 0.1) is 0 Å². The number of fused-ring (bicyclic) bond motifs is 1. The van der Waals surface area contributed by atoms with E-state index in [0.29, 0.717) is 30.7 Å². The molecule has 5 rings (SSSR count). The van der Waals surface area contributed by atoms with Crippen molar-refractivity contribution in [2.45, 2.75) is 26.7 Å². The Balaban J connectivity index is 1.41. The lowest BCUT2D eigenvalue weighted by Gasteiger charge is -2.18. The van der Waals surface area contributed by atoms with Crippen LogP contribution in [-0.2, 0) is 0 Å². The van der Waals surface area contributed by atoms with Gasteiger partial charge in [0.15, 0.2) is 23.1 Å². The molecule has 1 aliphatic heterocycles. The molecule has 166 valence electrons. The summed E-state index contributed by atoms with van der Waals surface area (Å²) in [6.45, 7) is 7.11. The molecular formula is C23H27N7O2. The van der Waals surface area contributed by atoms with Crippen molar-refractivity contribution in [3.8, 4) is 17.2 Å². The van der Waals surface area contributed by atoms with Gasteiger partial charge in [-0.05, 0) is 51.0 Å². The standard InChI is InChI=1S/C23H27N7O2/c1-3-31-19-10-9-17(14-20(19)32-4-2)29-15-21(24-16-29)25-23-26-22(28-11-5-6-12-28)18-8-7-13-30(18)27-23/h7-10,13-16H,3-6,11-12H2,1-2H3,(H,25,27). The first-order chi connectivity index (χ1) is 15.7. The molecule has 1 aliphatic rings. The van der Waals surface area contributed by atoms with E-state index in [-0.39, 0.29) is 0 Å². The highest BCUT2D eigenvalue weighted by molar-refractivity contribution is 5.71. The Labute approximate surface area is 186 Å². The van der Waals surface area contributed by atoms with E-state index in [0.717, 1.165) is 35.9 Å². The van der Waals surface area contributed by atoms with Crippen molar-refractivity contribution < 1.29 is 9.47 Å². The largest absolute Gasteiger partial charge is 0.490 e. The van der Waals surface area contributed by atoms with E-state index in [1.807, 2.05) is 65.7 Å². The summed E-state index contributed by atoms with van der Waals surface area (Å²) in [5.41, 5.74) is 1.94. The zero-order valence-electron chi connectivity index (χ0n) is 18.4. The first-order valence-electron chi connectivity index (χ1n) is 11.1. The van der Waals surface area contributed by atoms with Gasteiger partial charge in [-0.15, -0.1) is 5.10 Å². The molecular weight excluding hydrogens is 406 g/mol. The number of imidazole rings is 1. The molecule has 0 spiro atoms. The molecule has 0 saturated carbocycles. The lowest BCUT2D eigenvalue weighted by molar-refractivity contribution is 0.287. The Morgan fingerprint density at radius 2 is 1.84 bits per heavy atom. The zero-order valence-corrected chi connectivity index (χ0v) is 18.4. The van der Waals surface area contributed by atoms with Crippen LogP contribution in [0.3, 0.4) is 0 Å². The monoisotopic (exact) mass is 433 g/mol. The first-order valence-corrected chi connectivity index (χ1v) is 11.1. The predicted octanol–water partition coefficient (Wildman–Crippen LogP) is 4.06. The van der Waals surface area contributed by atoms with Crippen molar-refractivity contribution in [2.75, 3.05) is 36.5 Å². The molecule has 32 heavy (non-hydrogen) atoms. The molecule has 1 aromatic carbocycles. The van der Waals surface area contributed by atoms with Gasteiger partial charge in [-0.1, -0.05) is 0 Å². The SMILES string of the molecule is CCOc1ccc(-n2cnc(Nc3nc(N4CCCC4)c4cccn4n3)c2)cc1OCC. The normalized spacial score (nSPS) is 13.6. The van der Waals surface area contributed by atoms with Gasteiger partial charge >= 0.3 is 0 Å². The van der Waals surface area contributed by atoms with Crippen molar-refractivity contribution >= 4 is 23.1 Å². The van der Waals surface area contributed by atoms with E-state index >= 15 is 0 Å². The highest BCUT2D eigenvalue weighted by Crippen LogP contribution is 2.30. The molecule has 9 heteroatoms. The summed E-state index contributed by atoms with van der Waals surface area (Å²) >= 11 is 0. The summed E-state index contributed by atoms with van der Waals surface area (Å²) in [5.74, 6) is 3.58. The number of benzene rings is 1.